The van der Waals surface area contributed by atoms with Gasteiger partial charge in [-0.05, 0) is 6.92 Å². The van der Waals surface area contributed by atoms with E-state index >= 15 is 0 Å². The summed E-state index contributed by atoms with van der Waals surface area (Å²) in [5, 5.41) is 40.0. The molecule has 11 heteroatoms. The van der Waals surface area contributed by atoms with Crippen molar-refractivity contribution in [1.82, 2.24) is 0 Å². The second kappa shape index (κ2) is 11.7. The van der Waals surface area contributed by atoms with E-state index in [0.29, 0.717) is 0 Å². The quantitative estimate of drug-likeness (QED) is 0.245. The highest BCUT2D eigenvalue weighted by atomic mass is 16.7. The summed E-state index contributed by atoms with van der Waals surface area (Å²) in [4.78, 5) is 0. The Balaban J connectivity index is 2.03. The largest absolute Gasteiger partial charge is 0.394 e. The van der Waals surface area contributed by atoms with Crippen molar-refractivity contribution < 1.29 is 48.8 Å². The van der Waals surface area contributed by atoms with Gasteiger partial charge < -0.3 is 54.6 Å². The molecule has 2 heterocycles. The van der Waals surface area contributed by atoms with Crippen LogP contribution in [0.25, 0.3) is 0 Å². The maximum atomic E-state index is 10.6. The van der Waals surface area contributed by atoms with E-state index in [0.717, 1.165) is 0 Å². The van der Waals surface area contributed by atoms with Crippen LogP contribution < -0.4 is 5.73 Å². The van der Waals surface area contributed by atoms with Crippen LogP contribution in [0, 0.1) is 0 Å². The van der Waals surface area contributed by atoms with Gasteiger partial charge in [0.05, 0.1) is 44.2 Å². The Kier molecular flexibility index (Phi) is 9.93. The Morgan fingerprint density at radius 2 is 1.79 bits per heavy atom. The van der Waals surface area contributed by atoms with Gasteiger partial charge in [-0.25, -0.2) is 0 Å². The SMILES string of the molecule is CO[C@@H](C)OC[C@@H]1C[C@H](O[C@H]2O[C@H](CO)C[C@H](O)[C@@H]2O)[C@H](O)[C@@H](OCCN)O1. The molecule has 0 aliphatic carbocycles. The number of rotatable bonds is 10. The number of hydrogen-bond acceptors (Lipinski definition) is 11. The Labute approximate surface area is 164 Å². The van der Waals surface area contributed by atoms with E-state index in [9.17, 15) is 20.4 Å². The molecule has 0 aromatic carbocycles. The molecule has 0 aromatic heterocycles. The number of hydrogen-bond donors (Lipinski definition) is 5. The third kappa shape index (κ3) is 6.54. The van der Waals surface area contributed by atoms with Crippen molar-refractivity contribution in [2.45, 2.75) is 75.3 Å². The van der Waals surface area contributed by atoms with E-state index in [2.05, 4.69) is 0 Å². The van der Waals surface area contributed by atoms with Crippen molar-refractivity contribution in [2.24, 2.45) is 5.73 Å². The molecule has 28 heavy (non-hydrogen) atoms. The zero-order chi connectivity index (χ0) is 20.7. The highest BCUT2D eigenvalue weighted by Gasteiger charge is 2.44. The van der Waals surface area contributed by atoms with Crippen LogP contribution in [-0.4, -0.2) is 109 Å². The van der Waals surface area contributed by atoms with E-state index in [4.69, 9.17) is 34.2 Å². The Morgan fingerprint density at radius 1 is 1.07 bits per heavy atom. The summed E-state index contributed by atoms with van der Waals surface area (Å²) < 4.78 is 33.0. The number of methoxy groups -OCH3 is 1. The van der Waals surface area contributed by atoms with Gasteiger partial charge in [0.1, 0.15) is 12.2 Å². The van der Waals surface area contributed by atoms with Crippen LogP contribution in [0.1, 0.15) is 19.8 Å². The number of aliphatic hydroxyl groups excluding tert-OH is 4. The zero-order valence-corrected chi connectivity index (χ0v) is 16.3. The fourth-order valence-corrected chi connectivity index (χ4v) is 3.09. The van der Waals surface area contributed by atoms with Crippen LogP contribution in [0.3, 0.4) is 0 Å². The van der Waals surface area contributed by atoms with Crippen LogP contribution in [0.5, 0.6) is 0 Å². The van der Waals surface area contributed by atoms with Gasteiger partial charge in [0, 0.05) is 26.5 Å². The number of nitrogens with two attached hydrogens (primary N) is 1. The first-order valence-corrected chi connectivity index (χ1v) is 9.47. The fraction of sp³-hybridized carbons (Fsp3) is 1.00. The van der Waals surface area contributed by atoms with Gasteiger partial charge in [0.15, 0.2) is 18.9 Å². The highest BCUT2D eigenvalue weighted by molar-refractivity contribution is 4.86. The molecule has 166 valence electrons. The molecule has 0 radical (unpaired) electrons. The average molecular weight is 411 g/mol. The van der Waals surface area contributed by atoms with Gasteiger partial charge in [-0.15, -0.1) is 0 Å². The minimum Gasteiger partial charge on any atom is -0.394 e. The van der Waals surface area contributed by atoms with Crippen molar-refractivity contribution in [3.05, 3.63) is 0 Å². The molecule has 0 unspecified atom stereocenters. The maximum absolute atomic E-state index is 10.6. The molecular formula is C17H33NO10. The molecule has 0 amide bonds. The minimum absolute atomic E-state index is 0.0848. The molecule has 2 saturated heterocycles. The van der Waals surface area contributed by atoms with Crippen LogP contribution in [-0.2, 0) is 28.4 Å². The maximum Gasteiger partial charge on any atom is 0.186 e. The topological polar surface area (TPSA) is 162 Å². The summed E-state index contributed by atoms with van der Waals surface area (Å²) in [5.41, 5.74) is 5.45. The van der Waals surface area contributed by atoms with E-state index in [1.165, 1.54) is 7.11 Å². The van der Waals surface area contributed by atoms with Crippen LogP contribution >= 0.6 is 0 Å². The highest BCUT2D eigenvalue weighted by Crippen LogP contribution is 2.29. The number of aliphatic hydroxyl groups is 4. The second-order valence-corrected chi connectivity index (χ2v) is 6.93. The van der Waals surface area contributed by atoms with Crippen molar-refractivity contribution in [1.29, 1.82) is 0 Å². The monoisotopic (exact) mass is 411 g/mol. The van der Waals surface area contributed by atoms with E-state index in [1.807, 2.05) is 0 Å². The van der Waals surface area contributed by atoms with Crippen LogP contribution in [0.2, 0.25) is 0 Å². The molecule has 2 fully saturated rings. The Hall–Kier alpha value is -0.440. The van der Waals surface area contributed by atoms with Gasteiger partial charge in [-0.2, -0.15) is 0 Å². The molecule has 2 rings (SSSR count). The molecule has 0 spiro atoms. The summed E-state index contributed by atoms with van der Waals surface area (Å²) in [6, 6.07) is 0. The third-order valence-corrected chi connectivity index (χ3v) is 4.75. The van der Waals surface area contributed by atoms with Crippen LogP contribution in [0.4, 0.5) is 0 Å². The molecule has 9 atom stereocenters. The lowest BCUT2D eigenvalue weighted by Crippen LogP contribution is -2.57. The Bertz CT molecular complexity index is 444. The van der Waals surface area contributed by atoms with Crippen molar-refractivity contribution >= 4 is 0 Å². The van der Waals surface area contributed by atoms with Gasteiger partial charge in [0.25, 0.3) is 0 Å². The zero-order valence-electron chi connectivity index (χ0n) is 16.3. The summed E-state index contributed by atoms with van der Waals surface area (Å²) in [5.74, 6) is 0. The van der Waals surface area contributed by atoms with Crippen molar-refractivity contribution in [3.63, 3.8) is 0 Å². The normalized spacial score (nSPS) is 40.4. The minimum atomic E-state index is -1.32. The molecule has 0 saturated carbocycles. The van der Waals surface area contributed by atoms with Crippen molar-refractivity contribution in [3.8, 4) is 0 Å². The smallest absolute Gasteiger partial charge is 0.186 e. The third-order valence-electron chi connectivity index (χ3n) is 4.75. The van der Waals surface area contributed by atoms with E-state index in [1.54, 1.807) is 6.92 Å². The lowest BCUT2D eigenvalue weighted by molar-refractivity contribution is -0.332. The standard InChI is InChI=1S/C17H33NO10/c1-9(23-2)25-8-11-6-13(15(22)16(27-11)24-4-3-18)28-17-14(21)12(20)5-10(7-19)26-17/h9-17,19-22H,3-8,18H2,1-2H3/t9-,10+,11+,12+,13+,14+,15+,16+,17-/m1/s1. The van der Waals surface area contributed by atoms with E-state index < -0.39 is 55.5 Å². The van der Waals surface area contributed by atoms with Crippen LogP contribution in [0.15, 0.2) is 0 Å². The summed E-state index contributed by atoms with van der Waals surface area (Å²) in [6.07, 6.45) is -7.93. The van der Waals surface area contributed by atoms with Gasteiger partial charge >= 0.3 is 0 Å². The molecule has 0 aromatic rings. The summed E-state index contributed by atoms with van der Waals surface area (Å²) in [6.45, 7) is 1.99. The molecule has 2 aliphatic heterocycles. The molecular weight excluding hydrogens is 378 g/mol. The molecule has 0 bridgehead atoms. The van der Waals surface area contributed by atoms with Gasteiger partial charge in [-0.1, -0.05) is 0 Å². The fourth-order valence-electron chi connectivity index (χ4n) is 3.09. The number of ether oxygens (including phenoxy) is 6. The van der Waals surface area contributed by atoms with Crippen molar-refractivity contribution in [2.75, 3.05) is 33.5 Å². The summed E-state index contributed by atoms with van der Waals surface area (Å²) >= 11 is 0. The Morgan fingerprint density at radius 3 is 2.43 bits per heavy atom. The first-order chi connectivity index (χ1) is 13.4. The predicted octanol–water partition coefficient (Wildman–Crippen LogP) is -2.34. The molecule has 6 N–H and O–H groups in total. The average Bonchev–Trinajstić information content (AvgIpc) is 2.69. The summed E-state index contributed by atoms with van der Waals surface area (Å²) in [7, 11) is 1.51. The second-order valence-electron chi connectivity index (χ2n) is 6.93. The molecule has 11 nitrogen and oxygen atoms in total. The lowest BCUT2D eigenvalue weighted by Gasteiger charge is -2.43. The first-order valence-electron chi connectivity index (χ1n) is 9.47. The van der Waals surface area contributed by atoms with Gasteiger partial charge in [-0.3, -0.25) is 0 Å². The predicted molar refractivity (Wildman–Crippen MR) is 94.0 cm³/mol. The lowest BCUT2D eigenvalue weighted by atomic mass is 10.0. The van der Waals surface area contributed by atoms with E-state index in [-0.39, 0.29) is 39.2 Å². The first kappa shape index (κ1) is 23.8. The molecule has 2 aliphatic rings. The van der Waals surface area contributed by atoms with Gasteiger partial charge in [0.2, 0.25) is 0 Å².